The fraction of sp³-hybridized carbons (Fsp3) is 0.0909. The highest BCUT2D eigenvalue weighted by Crippen LogP contribution is 2.23. The van der Waals surface area contributed by atoms with Gasteiger partial charge in [0.25, 0.3) is 0 Å². The molecule has 0 aliphatic carbocycles. The van der Waals surface area contributed by atoms with Gasteiger partial charge in [0.1, 0.15) is 6.33 Å². The van der Waals surface area contributed by atoms with Crippen molar-refractivity contribution >= 4 is 44.8 Å². The van der Waals surface area contributed by atoms with Crippen LogP contribution in [0, 0.1) is 0 Å². The Hall–Kier alpha value is -1.51. The lowest BCUT2D eigenvalue weighted by Gasteiger charge is -2.06. The first-order valence-electron chi connectivity index (χ1n) is 5.58. The normalized spacial score (nSPS) is 10.7. The Bertz CT molecular complexity index is 714. The average Bonchev–Trinajstić information content (AvgIpc) is 3.07. The molecule has 0 saturated carbocycles. The lowest BCUT2D eigenvalue weighted by Crippen LogP contribution is -2.08. The molecule has 20 heavy (non-hydrogen) atoms. The van der Waals surface area contributed by atoms with E-state index in [4.69, 9.17) is 11.6 Å². The number of thiophene rings is 1. The second-order valence-electron chi connectivity index (χ2n) is 3.74. The third kappa shape index (κ3) is 2.97. The van der Waals surface area contributed by atoms with E-state index >= 15 is 0 Å². The first-order chi connectivity index (χ1) is 9.72. The predicted molar refractivity (Wildman–Crippen MR) is 81.3 cm³/mol. The van der Waals surface area contributed by atoms with Gasteiger partial charge < -0.3 is 5.32 Å². The molecule has 0 aromatic carbocycles. The van der Waals surface area contributed by atoms with Crippen LogP contribution >= 0.6 is 38.9 Å². The topological polar surface area (TPSA) is 68.5 Å². The summed E-state index contributed by atoms with van der Waals surface area (Å²) in [4.78, 5) is 17.5. The largest absolute Gasteiger partial charge is 0.349 e. The maximum Gasteiger partial charge on any atom is 0.241 e. The van der Waals surface area contributed by atoms with Gasteiger partial charge in [-0.1, -0.05) is 0 Å². The monoisotopic (exact) mass is 370 g/mol. The number of nitrogens with one attached hydrogen (secondary N) is 1. The van der Waals surface area contributed by atoms with Crippen LogP contribution in [0.3, 0.4) is 0 Å². The van der Waals surface area contributed by atoms with Crippen molar-refractivity contribution in [2.24, 2.45) is 0 Å². The third-order valence-electron chi connectivity index (χ3n) is 2.43. The highest BCUT2D eigenvalue weighted by Gasteiger charge is 2.07. The molecule has 9 heteroatoms. The second-order valence-corrected chi connectivity index (χ2v) is 5.94. The van der Waals surface area contributed by atoms with Gasteiger partial charge >= 0.3 is 0 Å². The quantitative estimate of drug-likeness (QED) is 0.763. The summed E-state index contributed by atoms with van der Waals surface area (Å²) < 4.78 is 2.73. The van der Waals surface area contributed by atoms with Gasteiger partial charge in [0.2, 0.25) is 17.2 Å². The van der Waals surface area contributed by atoms with E-state index in [0.717, 1.165) is 9.35 Å². The Morgan fingerprint density at radius 2 is 2.25 bits per heavy atom. The van der Waals surface area contributed by atoms with Crippen LogP contribution in [-0.4, -0.2) is 24.5 Å². The van der Waals surface area contributed by atoms with Crippen molar-refractivity contribution < 1.29 is 0 Å². The molecule has 3 aromatic heterocycles. The highest BCUT2D eigenvalue weighted by atomic mass is 79.9. The predicted octanol–water partition coefficient (Wildman–Crippen LogP) is 3.15. The van der Waals surface area contributed by atoms with Crippen molar-refractivity contribution in [2.75, 3.05) is 5.32 Å². The molecule has 3 rings (SSSR count). The summed E-state index contributed by atoms with van der Waals surface area (Å²) >= 11 is 11.0. The number of halogens is 2. The summed E-state index contributed by atoms with van der Waals surface area (Å²) in [5.74, 6) is 0.851. The summed E-state index contributed by atoms with van der Waals surface area (Å²) in [6.45, 7) is 0.613. The van der Waals surface area contributed by atoms with E-state index in [1.165, 1.54) is 0 Å². The summed E-state index contributed by atoms with van der Waals surface area (Å²) in [5.41, 5.74) is 0. The summed E-state index contributed by atoms with van der Waals surface area (Å²) in [6.07, 6.45) is 4.99. The summed E-state index contributed by atoms with van der Waals surface area (Å²) in [6, 6.07) is 2.00. The molecule has 0 fully saturated rings. The first-order valence-corrected chi connectivity index (χ1v) is 7.63. The van der Waals surface area contributed by atoms with E-state index in [0.29, 0.717) is 18.4 Å². The standard InChI is InChI=1S/C11H8BrClN6S/c12-7-1-4-20-8(7)5-15-10-16-9(13)17-11(18-10)19-3-2-14-6-19/h1-4,6H,5H2,(H,15,16,17,18). The Labute approximate surface area is 132 Å². The Morgan fingerprint density at radius 1 is 1.35 bits per heavy atom. The minimum atomic E-state index is 0.136. The lowest BCUT2D eigenvalue weighted by molar-refractivity contribution is 0.889. The number of hydrogen-bond acceptors (Lipinski definition) is 6. The first kappa shape index (κ1) is 13.5. The molecule has 0 atom stereocenters. The minimum absolute atomic E-state index is 0.136. The Balaban J connectivity index is 1.81. The lowest BCUT2D eigenvalue weighted by atomic mass is 10.5. The van der Waals surface area contributed by atoms with Crippen LogP contribution in [0.15, 0.2) is 34.6 Å². The fourth-order valence-electron chi connectivity index (χ4n) is 1.52. The molecule has 3 heterocycles. The second kappa shape index (κ2) is 5.86. The molecule has 3 aromatic rings. The number of aromatic nitrogens is 5. The molecule has 0 aliphatic rings. The van der Waals surface area contributed by atoms with Crippen LogP contribution in [0.1, 0.15) is 4.88 Å². The van der Waals surface area contributed by atoms with Gasteiger partial charge in [-0.25, -0.2) is 4.98 Å². The van der Waals surface area contributed by atoms with Crippen molar-refractivity contribution in [3.05, 3.63) is 44.8 Å². The molecule has 102 valence electrons. The minimum Gasteiger partial charge on any atom is -0.349 e. The van der Waals surface area contributed by atoms with Gasteiger partial charge in [-0.2, -0.15) is 15.0 Å². The van der Waals surface area contributed by atoms with E-state index in [2.05, 4.69) is 41.2 Å². The van der Waals surface area contributed by atoms with E-state index in [1.807, 2.05) is 11.4 Å². The SMILES string of the molecule is Clc1nc(NCc2sccc2Br)nc(-n2ccnc2)n1. The molecule has 0 bridgehead atoms. The van der Waals surface area contributed by atoms with Gasteiger partial charge in [-0.05, 0) is 39.0 Å². The van der Waals surface area contributed by atoms with Crippen molar-refractivity contribution in [1.29, 1.82) is 0 Å². The molecule has 0 spiro atoms. The van der Waals surface area contributed by atoms with Crippen molar-refractivity contribution in [2.45, 2.75) is 6.54 Å². The number of hydrogen-bond donors (Lipinski definition) is 1. The van der Waals surface area contributed by atoms with Gasteiger partial charge in [-0.15, -0.1) is 11.3 Å². The molecule has 0 saturated heterocycles. The summed E-state index contributed by atoms with van der Waals surface area (Å²) in [5, 5.41) is 5.28. The van der Waals surface area contributed by atoms with Crippen molar-refractivity contribution in [3.8, 4) is 5.95 Å². The zero-order valence-corrected chi connectivity index (χ0v) is 13.2. The van der Waals surface area contributed by atoms with Gasteiger partial charge in [-0.3, -0.25) is 4.57 Å². The van der Waals surface area contributed by atoms with Crippen molar-refractivity contribution in [3.63, 3.8) is 0 Å². The van der Waals surface area contributed by atoms with Crippen LogP contribution in [0.4, 0.5) is 5.95 Å². The van der Waals surface area contributed by atoms with E-state index < -0.39 is 0 Å². The van der Waals surface area contributed by atoms with Gasteiger partial charge in [0, 0.05) is 21.7 Å². The van der Waals surface area contributed by atoms with Gasteiger partial charge in [0.05, 0.1) is 6.54 Å². The highest BCUT2D eigenvalue weighted by molar-refractivity contribution is 9.10. The van der Waals surface area contributed by atoms with E-state index in [1.54, 1.807) is 34.6 Å². The van der Waals surface area contributed by atoms with Crippen LogP contribution in [-0.2, 0) is 6.54 Å². The Morgan fingerprint density at radius 3 is 2.95 bits per heavy atom. The number of anilines is 1. The van der Waals surface area contributed by atoms with Crippen molar-refractivity contribution in [1.82, 2.24) is 24.5 Å². The maximum absolute atomic E-state index is 5.92. The fourth-order valence-corrected chi connectivity index (χ4v) is 3.11. The Kier molecular flexibility index (Phi) is 3.95. The molecule has 0 unspecified atom stereocenters. The van der Waals surface area contributed by atoms with Crippen LogP contribution < -0.4 is 5.32 Å². The zero-order valence-electron chi connectivity index (χ0n) is 9.99. The third-order valence-corrected chi connectivity index (χ3v) is 4.53. The zero-order chi connectivity index (χ0) is 13.9. The average molecular weight is 372 g/mol. The number of imidazole rings is 1. The van der Waals surface area contributed by atoms with Gasteiger partial charge in [0.15, 0.2) is 0 Å². The molecule has 6 nitrogen and oxygen atoms in total. The number of rotatable bonds is 4. The molecular formula is C11H8BrClN6S. The van der Waals surface area contributed by atoms with Crippen LogP contribution in [0.2, 0.25) is 5.28 Å². The summed E-state index contributed by atoms with van der Waals surface area (Å²) in [7, 11) is 0. The maximum atomic E-state index is 5.92. The number of nitrogens with zero attached hydrogens (tertiary/aromatic N) is 5. The van der Waals surface area contributed by atoms with E-state index in [9.17, 15) is 0 Å². The molecule has 0 aliphatic heterocycles. The van der Waals surface area contributed by atoms with Crippen LogP contribution in [0.25, 0.3) is 5.95 Å². The smallest absolute Gasteiger partial charge is 0.241 e. The van der Waals surface area contributed by atoms with Crippen LogP contribution in [0.5, 0.6) is 0 Å². The molecular weight excluding hydrogens is 364 g/mol. The van der Waals surface area contributed by atoms with E-state index in [-0.39, 0.29) is 5.28 Å². The molecule has 1 N–H and O–H groups in total. The molecule has 0 radical (unpaired) electrons. The molecule has 0 amide bonds.